The summed E-state index contributed by atoms with van der Waals surface area (Å²) in [4.78, 5) is 8.83. The molecule has 1 N–H and O–H groups in total. The standard InChI is InChI=1S/C15H13BrN4/c16-13-9-20-6-5-17-15(20)14(19-13)18-8-11-7-10-3-1-2-4-12(10)11/h1-6,9,11H,7-8H2,(H,18,19). The molecule has 4 nitrogen and oxygen atoms in total. The topological polar surface area (TPSA) is 42.2 Å². The maximum Gasteiger partial charge on any atom is 0.180 e. The highest BCUT2D eigenvalue weighted by Crippen LogP contribution is 2.34. The Morgan fingerprint density at radius 1 is 1.35 bits per heavy atom. The fourth-order valence-electron chi connectivity index (χ4n) is 2.78. The lowest BCUT2D eigenvalue weighted by molar-refractivity contribution is 0.634. The van der Waals surface area contributed by atoms with E-state index in [4.69, 9.17) is 0 Å². The normalized spacial score (nSPS) is 16.8. The van der Waals surface area contributed by atoms with Gasteiger partial charge >= 0.3 is 0 Å². The summed E-state index contributed by atoms with van der Waals surface area (Å²) in [5, 5.41) is 3.43. The van der Waals surface area contributed by atoms with Gasteiger partial charge in [0, 0.05) is 31.1 Å². The molecule has 0 bridgehead atoms. The largest absolute Gasteiger partial charge is 0.366 e. The minimum absolute atomic E-state index is 0.571. The van der Waals surface area contributed by atoms with Gasteiger partial charge in [-0.25, -0.2) is 9.97 Å². The Kier molecular flexibility index (Phi) is 2.73. The summed E-state index contributed by atoms with van der Waals surface area (Å²) in [6.45, 7) is 0.892. The Labute approximate surface area is 125 Å². The Morgan fingerprint density at radius 3 is 3.15 bits per heavy atom. The van der Waals surface area contributed by atoms with Crippen molar-refractivity contribution in [2.45, 2.75) is 12.3 Å². The maximum atomic E-state index is 4.48. The molecule has 1 aromatic carbocycles. The van der Waals surface area contributed by atoms with Crippen molar-refractivity contribution in [3.05, 3.63) is 58.6 Å². The van der Waals surface area contributed by atoms with Crippen LogP contribution in [0, 0.1) is 0 Å². The fourth-order valence-corrected chi connectivity index (χ4v) is 3.18. The first-order valence-corrected chi connectivity index (χ1v) is 7.41. The third-order valence-electron chi connectivity index (χ3n) is 3.82. The van der Waals surface area contributed by atoms with Crippen LogP contribution < -0.4 is 5.32 Å². The smallest absolute Gasteiger partial charge is 0.180 e. The van der Waals surface area contributed by atoms with E-state index < -0.39 is 0 Å². The fraction of sp³-hybridized carbons (Fsp3) is 0.200. The van der Waals surface area contributed by atoms with Crippen LogP contribution >= 0.6 is 15.9 Å². The van der Waals surface area contributed by atoms with Gasteiger partial charge in [-0.05, 0) is 33.5 Å². The van der Waals surface area contributed by atoms with Gasteiger partial charge in [-0.15, -0.1) is 0 Å². The van der Waals surface area contributed by atoms with Crippen molar-refractivity contribution in [3.8, 4) is 0 Å². The van der Waals surface area contributed by atoms with Gasteiger partial charge in [0.05, 0.1) is 0 Å². The van der Waals surface area contributed by atoms with Gasteiger partial charge in [0.15, 0.2) is 11.5 Å². The van der Waals surface area contributed by atoms with Crippen molar-refractivity contribution in [2.75, 3.05) is 11.9 Å². The molecule has 0 saturated heterocycles. The van der Waals surface area contributed by atoms with Gasteiger partial charge in [-0.1, -0.05) is 24.3 Å². The SMILES string of the molecule is Brc1cn2ccnc2c(NCC2Cc3ccccc32)n1. The number of rotatable bonds is 3. The molecule has 0 spiro atoms. The molecule has 0 radical (unpaired) electrons. The number of fused-ring (bicyclic) bond motifs is 2. The van der Waals surface area contributed by atoms with Gasteiger partial charge < -0.3 is 9.72 Å². The molecule has 0 aliphatic heterocycles. The summed E-state index contributed by atoms with van der Waals surface area (Å²) in [6.07, 6.45) is 6.76. The van der Waals surface area contributed by atoms with Crippen molar-refractivity contribution < 1.29 is 0 Å². The van der Waals surface area contributed by atoms with Crippen LogP contribution in [0.5, 0.6) is 0 Å². The second-order valence-corrected chi connectivity index (χ2v) is 5.86. The number of aromatic nitrogens is 3. The molecule has 2 aromatic heterocycles. The number of anilines is 1. The van der Waals surface area contributed by atoms with E-state index >= 15 is 0 Å². The minimum atomic E-state index is 0.571. The molecular weight excluding hydrogens is 316 g/mol. The summed E-state index contributed by atoms with van der Waals surface area (Å²) in [7, 11) is 0. The van der Waals surface area contributed by atoms with Gasteiger partial charge in [-0.3, -0.25) is 0 Å². The van der Waals surface area contributed by atoms with Gasteiger partial charge in [0.1, 0.15) is 4.60 Å². The Bertz CT molecular complexity index is 780. The highest BCUT2D eigenvalue weighted by molar-refractivity contribution is 9.10. The molecule has 1 atom stereocenters. The zero-order valence-electron chi connectivity index (χ0n) is 10.8. The average molecular weight is 329 g/mol. The van der Waals surface area contributed by atoms with Gasteiger partial charge in [0.2, 0.25) is 0 Å². The molecule has 1 aliphatic carbocycles. The lowest BCUT2D eigenvalue weighted by Gasteiger charge is -2.30. The van der Waals surface area contributed by atoms with E-state index in [9.17, 15) is 0 Å². The highest BCUT2D eigenvalue weighted by Gasteiger charge is 2.25. The first-order chi connectivity index (χ1) is 9.81. The van der Waals surface area contributed by atoms with Crippen molar-refractivity contribution in [1.82, 2.24) is 14.4 Å². The Morgan fingerprint density at radius 2 is 2.25 bits per heavy atom. The molecule has 0 amide bonds. The van der Waals surface area contributed by atoms with Crippen LogP contribution in [0.1, 0.15) is 17.0 Å². The summed E-state index contributed by atoms with van der Waals surface area (Å²) in [5.74, 6) is 1.40. The lowest BCUT2D eigenvalue weighted by atomic mass is 9.78. The number of nitrogens with one attached hydrogen (secondary N) is 1. The number of nitrogens with zero attached hydrogens (tertiary/aromatic N) is 3. The molecule has 20 heavy (non-hydrogen) atoms. The van der Waals surface area contributed by atoms with E-state index in [1.54, 1.807) is 6.20 Å². The third kappa shape index (κ3) is 1.89. The van der Waals surface area contributed by atoms with Crippen molar-refractivity contribution in [3.63, 3.8) is 0 Å². The Hall–Kier alpha value is -1.88. The average Bonchev–Trinajstić information content (AvgIpc) is 2.87. The number of imidazole rings is 1. The van der Waals surface area contributed by atoms with Crippen molar-refractivity contribution >= 4 is 27.4 Å². The van der Waals surface area contributed by atoms with Gasteiger partial charge in [0.25, 0.3) is 0 Å². The predicted octanol–water partition coefficient (Wildman–Crippen LogP) is 3.24. The first kappa shape index (κ1) is 11.9. The molecule has 0 fully saturated rings. The van der Waals surface area contributed by atoms with E-state index in [0.717, 1.165) is 29.0 Å². The van der Waals surface area contributed by atoms with Crippen LogP contribution in [-0.2, 0) is 6.42 Å². The van der Waals surface area contributed by atoms with Crippen LogP contribution in [0.15, 0.2) is 47.5 Å². The molecular formula is C15H13BrN4. The summed E-state index contributed by atoms with van der Waals surface area (Å²) in [5.41, 5.74) is 3.78. The quantitative estimate of drug-likeness (QED) is 0.802. The maximum absolute atomic E-state index is 4.48. The number of benzene rings is 1. The Balaban J connectivity index is 1.56. The molecule has 1 aliphatic rings. The zero-order valence-corrected chi connectivity index (χ0v) is 12.3. The molecule has 0 saturated carbocycles. The monoisotopic (exact) mass is 328 g/mol. The number of hydrogen-bond acceptors (Lipinski definition) is 3. The predicted molar refractivity (Wildman–Crippen MR) is 82.1 cm³/mol. The van der Waals surface area contributed by atoms with Crippen LogP contribution in [0.25, 0.3) is 5.65 Å². The van der Waals surface area contributed by atoms with E-state index in [0.29, 0.717) is 5.92 Å². The first-order valence-electron chi connectivity index (χ1n) is 6.62. The molecule has 1 unspecified atom stereocenters. The van der Waals surface area contributed by atoms with E-state index in [2.05, 4.69) is 55.5 Å². The number of hydrogen-bond donors (Lipinski definition) is 1. The molecule has 2 heterocycles. The second-order valence-electron chi connectivity index (χ2n) is 5.05. The van der Waals surface area contributed by atoms with Gasteiger partial charge in [-0.2, -0.15) is 0 Å². The summed E-state index contributed by atoms with van der Waals surface area (Å²) in [6, 6.07) is 8.63. The zero-order chi connectivity index (χ0) is 13.5. The van der Waals surface area contributed by atoms with Crippen LogP contribution in [-0.4, -0.2) is 20.9 Å². The summed E-state index contributed by atoms with van der Waals surface area (Å²) < 4.78 is 2.77. The van der Waals surface area contributed by atoms with E-state index in [-0.39, 0.29) is 0 Å². The van der Waals surface area contributed by atoms with E-state index in [1.165, 1.54) is 11.1 Å². The molecule has 100 valence electrons. The molecule has 4 rings (SSSR count). The van der Waals surface area contributed by atoms with Crippen molar-refractivity contribution in [1.29, 1.82) is 0 Å². The summed E-state index contributed by atoms with van der Waals surface area (Å²) >= 11 is 3.43. The van der Waals surface area contributed by atoms with Crippen LogP contribution in [0.3, 0.4) is 0 Å². The molecule has 3 aromatic rings. The van der Waals surface area contributed by atoms with Crippen molar-refractivity contribution in [2.24, 2.45) is 0 Å². The lowest BCUT2D eigenvalue weighted by Crippen LogP contribution is -2.24. The number of halogens is 1. The van der Waals surface area contributed by atoms with Crippen LogP contribution in [0.4, 0.5) is 5.82 Å². The highest BCUT2D eigenvalue weighted by atomic mass is 79.9. The van der Waals surface area contributed by atoms with E-state index in [1.807, 2.05) is 16.8 Å². The molecule has 5 heteroatoms. The minimum Gasteiger partial charge on any atom is -0.366 e. The second kappa shape index (κ2) is 4.59. The third-order valence-corrected chi connectivity index (χ3v) is 4.20. The van der Waals surface area contributed by atoms with Crippen LogP contribution in [0.2, 0.25) is 0 Å².